The largest absolute Gasteiger partial charge is 0.320 e. The molecule has 1 heterocycles. The van der Waals surface area contributed by atoms with Crippen LogP contribution in [0.25, 0.3) is 0 Å². The molecule has 0 spiro atoms. The van der Waals surface area contributed by atoms with E-state index in [1.807, 2.05) is 6.92 Å². The van der Waals surface area contributed by atoms with Crippen LogP contribution >= 0.6 is 0 Å². The zero-order valence-electron chi connectivity index (χ0n) is 12.0. The van der Waals surface area contributed by atoms with Crippen molar-refractivity contribution < 1.29 is 12.8 Å². The van der Waals surface area contributed by atoms with Gasteiger partial charge in [0.2, 0.25) is 10.0 Å². The fourth-order valence-corrected chi connectivity index (χ4v) is 4.18. The molecule has 2 N–H and O–H groups in total. The van der Waals surface area contributed by atoms with Gasteiger partial charge in [-0.1, -0.05) is 18.3 Å². The van der Waals surface area contributed by atoms with Crippen molar-refractivity contribution >= 4 is 10.0 Å². The molecule has 0 radical (unpaired) electrons. The van der Waals surface area contributed by atoms with E-state index in [4.69, 9.17) is 5.73 Å². The van der Waals surface area contributed by atoms with Gasteiger partial charge < -0.3 is 5.73 Å². The molecule has 21 heavy (non-hydrogen) atoms. The summed E-state index contributed by atoms with van der Waals surface area (Å²) in [5, 5.41) is 0. The second-order valence-electron chi connectivity index (χ2n) is 5.11. The van der Waals surface area contributed by atoms with E-state index >= 15 is 0 Å². The van der Waals surface area contributed by atoms with Gasteiger partial charge in [-0.15, -0.1) is 0 Å². The maximum absolute atomic E-state index is 13.9. The van der Waals surface area contributed by atoms with Crippen molar-refractivity contribution in [1.29, 1.82) is 0 Å². The minimum atomic E-state index is -3.65. The van der Waals surface area contributed by atoms with Crippen molar-refractivity contribution in [1.82, 2.24) is 4.31 Å². The lowest BCUT2D eigenvalue weighted by molar-refractivity contribution is 0.268. The van der Waals surface area contributed by atoms with Crippen LogP contribution in [0.3, 0.4) is 0 Å². The second-order valence-corrected chi connectivity index (χ2v) is 7.00. The molecular weight excluding hydrogens is 291 g/mol. The molecule has 1 atom stereocenters. The predicted octanol–water partition coefficient (Wildman–Crippen LogP) is 1.70. The molecule has 6 heteroatoms. The van der Waals surface area contributed by atoms with E-state index in [2.05, 4.69) is 11.8 Å². The number of nitrogens with two attached hydrogens (primary N) is 1. The average Bonchev–Trinajstić information content (AvgIpc) is 2.46. The molecule has 1 aromatic carbocycles. The molecule has 1 saturated heterocycles. The van der Waals surface area contributed by atoms with Crippen molar-refractivity contribution in [3.8, 4) is 11.8 Å². The molecular formula is C15H19FN2O2S. The fourth-order valence-electron chi connectivity index (χ4n) is 2.47. The SMILES string of the molecule is CC1CCCCN1S(=O)(=O)c1ccc(C#CCN)c(F)c1. The lowest BCUT2D eigenvalue weighted by Crippen LogP contribution is -2.41. The van der Waals surface area contributed by atoms with Gasteiger partial charge in [-0.05, 0) is 38.0 Å². The summed E-state index contributed by atoms with van der Waals surface area (Å²) in [6, 6.07) is 3.78. The van der Waals surface area contributed by atoms with Crippen LogP contribution in [0.1, 0.15) is 31.7 Å². The standard InChI is InChI=1S/C15H19FN2O2S/c1-12-5-2-3-10-18(12)21(19,20)14-8-7-13(6-4-9-17)15(16)11-14/h7-8,11-12H,2-3,5,9-10,17H2,1H3. The van der Waals surface area contributed by atoms with Crippen LogP contribution in [-0.2, 0) is 10.0 Å². The van der Waals surface area contributed by atoms with E-state index in [0.717, 1.165) is 25.3 Å². The van der Waals surface area contributed by atoms with Crippen LogP contribution < -0.4 is 5.73 Å². The Hall–Kier alpha value is -1.42. The maximum atomic E-state index is 13.9. The van der Waals surface area contributed by atoms with Gasteiger partial charge in [0.25, 0.3) is 0 Å². The lowest BCUT2D eigenvalue weighted by Gasteiger charge is -2.32. The monoisotopic (exact) mass is 310 g/mol. The zero-order valence-corrected chi connectivity index (χ0v) is 12.8. The normalized spacial score (nSPS) is 19.9. The molecule has 1 aromatic rings. The molecule has 2 rings (SSSR count). The quantitative estimate of drug-likeness (QED) is 0.846. The molecule has 0 saturated carbocycles. The first-order chi connectivity index (χ1) is 9.96. The molecule has 0 aliphatic carbocycles. The number of nitrogens with zero attached hydrogens (tertiary/aromatic N) is 1. The van der Waals surface area contributed by atoms with Gasteiger partial charge >= 0.3 is 0 Å². The highest BCUT2D eigenvalue weighted by molar-refractivity contribution is 7.89. The Morgan fingerprint density at radius 2 is 2.19 bits per heavy atom. The van der Waals surface area contributed by atoms with Crippen LogP contribution in [0.4, 0.5) is 4.39 Å². The Morgan fingerprint density at radius 3 is 2.81 bits per heavy atom. The van der Waals surface area contributed by atoms with Gasteiger partial charge in [0.15, 0.2) is 0 Å². The van der Waals surface area contributed by atoms with Gasteiger partial charge in [0, 0.05) is 12.6 Å². The van der Waals surface area contributed by atoms with Gasteiger partial charge in [0.05, 0.1) is 17.0 Å². The minimum absolute atomic E-state index is 0.0213. The summed E-state index contributed by atoms with van der Waals surface area (Å²) in [6.45, 7) is 2.50. The Kier molecular flexibility index (Phi) is 4.99. The molecule has 1 aliphatic rings. The summed E-state index contributed by atoms with van der Waals surface area (Å²) in [4.78, 5) is -0.0213. The predicted molar refractivity (Wildman–Crippen MR) is 79.5 cm³/mol. The summed E-state index contributed by atoms with van der Waals surface area (Å²) < 4.78 is 40.6. The van der Waals surface area contributed by atoms with E-state index in [1.54, 1.807) is 0 Å². The molecule has 1 unspecified atom stereocenters. The summed E-state index contributed by atoms with van der Waals surface area (Å²) in [5.74, 6) is 4.50. The average molecular weight is 310 g/mol. The third-order valence-corrected chi connectivity index (χ3v) is 5.62. The summed E-state index contributed by atoms with van der Waals surface area (Å²) >= 11 is 0. The molecule has 0 amide bonds. The van der Waals surface area contributed by atoms with Crippen molar-refractivity contribution in [2.24, 2.45) is 5.73 Å². The number of rotatable bonds is 2. The van der Waals surface area contributed by atoms with Crippen molar-refractivity contribution in [3.05, 3.63) is 29.6 Å². The maximum Gasteiger partial charge on any atom is 0.243 e. The van der Waals surface area contributed by atoms with E-state index < -0.39 is 15.8 Å². The second kappa shape index (κ2) is 6.56. The highest BCUT2D eigenvalue weighted by atomic mass is 32.2. The molecule has 4 nitrogen and oxygen atoms in total. The third kappa shape index (κ3) is 3.43. The van der Waals surface area contributed by atoms with Gasteiger partial charge in [0.1, 0.15) is 5.82 Å². The highest BCUT2D eigenvalue weighted by Crippen LogP contribution is 2.25. The number of piperidine rings is 1. The zero-order chi connectivity index (χ0) is 15.5. The Bertz CT molecular complexity index is 677. The number of hydrogen-bond acceptors (Lipinski definition) is 3. The molecule has 1 aliphatic heterocycles. The topological polar surface area (TPSA) is 63.4 Å². The fraction of sp³-hybridized carbons (Fsp3) is 0.467. The first-order valence-corrected chi connectivity index (χ1v) is 8.41. The van der Waals surface area contributed by atoms with E-state index in [0.29, 0.717) is 6.54 Å². The summed E-state index contributed by atoms with van der Waals surface area (Å²) in [6.07, 6.45) is 2.70. The van der Waals surface area contributed by atoms with Gasteiger partial charge in [-0.3, -0.25) is 0 Å². The van der Waals surface area contributed by atoms with Gasteiger partial charge in [-0.2, -0.15) is 4.31 Å². The summed E-state index contributed by atoms with van der Waals surface area (Å²) in [7, 11) is -3.65. The molecule has 1 fully saturated rings. The molecule has 0 bridgehead atoms. The van der Waals surface area contributed by atoms with E-state index in [1.165, 1.54) is 16.4 Å². The number of sulfonamides is 1. The van der Waals surface area contributed by atoms with E-state index in [-0.39, 0.29) is 23.0 Å². The van der Waals surface area contributed by atoms with E-state index in [9.17, 15) is 12.8 Å². The lowest BCUT2D eigenvalue weighted by atomic mass is 10.1. The van der Waals surface area contributed by atoms with Crippen molar-refractivity contribution in [2.75, 3.05) is 13.1 Å². The van der Waals surface area contributed by atoms with Crippen LogP contribution in [-0.4, -0.2) is 31.9 Å². The first-order valence-electron chi connectivity index (χ1n) is 6.97. The first kappa shape index (κ1) is 16.0. The molecule has 0 aromatic heterocycles. The van der Waals surface area contributed by atoms with Crippen LogP contribution in [0.15, 0.2) is 23.1 Å². The highest BCUT2D eigenvalue weighted by Gasteiger charge is 2.31. The minimum Gasteiger partial charge on any atom is -0.320 e. The Labute approximate surface area is 125 Å². The summed E-state index contributed by atoms with van der Waals surface area (Å²) in [5.41, 5.74) is 5.40. The van der Waals surface area contributed by atoms with Crippen molar-refractivity contribution in [2.45, 2.75) is 37.1 Å². The van der Waals surface area contributed by atoms with Gasteiger partial charge in [-0.25, -0.2) is 12.8 Å². The number of benzene rings is 1. The third-order valence-electron chi connectivity index (χ3n) is 3.61. The number of hydrogen-bond donors (Lipinski definition) is 1. The van der Waals surface area contributed by atoms with Crippen LogP contribution in [0.5, 0.6) is 0 Å². The Balaban J connectivity index is 2.34. The number of halogens is 1. The van der Waals surface area contributed by atoms with Crippen molar-refractivity contribution in [3.63, 3.8) is 0 Å². The van der Waals surface area contributed by atoms with Crippen LogP contribution in [0, 0.1) is 17.7 Å². The Morgan fingerprint density at radius 1 is 1.43 bits per heavy atom. The van der Waals surface area contributed by atoms with Crippen LogP contribution in [0.2, 0.25) is 0 Å². The smallest absolute Gasteiger partial charge is 0.243 e. The molecule has 114 valence electrons.